The molecule has 0 N–H and O–H groups in total. The number of β-lactam (4-membered cyclic amide) rings is 1. The monoisotopic (exact) mass is 325 g/mol. The van der Waals surface area contributed by atoms with Gasteiger partial charge in [-0.15, -0.1) is 0 Å². The Morgan fingerprint density at radius 1 is 1.25 bits per heavy atom. The summed E-state index contributed by atoms with van der Waals surface area (Å²) in [7, 11) is 0. The van der Waals surface area contributed by atoms with Gasteiger partial charge in [-0.25, -0.2) is 0 Å². The van der Waals surface area contributed by atoms with Crippen LogP contribution in [0.2, 0.25) is 0 Å². The molecule has 2 aliphatic heterocycles. The first-order valence-electron chi connectivity index (χ1n) is 8.19. The van der Waals surface area contributed by atoms with E-state index in [1.54, 1.807) is 29.4 Å². The molecule has 124 valence electrons. The minimum Gasteiger partial charge on any atom is -0.459 e. The normalized spacial score (nSPS) is 19.4. The zero-order chi connectivity index (χ0) is 16.6. The van der Waals surface area contributed by atoms with Crippen LogP contribution in [0.4, 0.5) is 0 Å². The number of piperidine rings is 1. The number of amides is 2. The van der Waals surface area contributed by atoms with Crippen LogP contribution in [0.15, 0.2) is 47.3 Å². The van der Waals surface area contributed by atoms with E-state index in [1.165, 1.54) is 6.26 Å². The predicted molar refractivity (Wildman–Crippen MR) is 85.9 cm³/mol. The minimum atomic E-state index is -0.276. The molecule has 0 saturated carbocycles. The number of nitrogens with zero attached hydrogens (tertiary/aromatic N) is 3. The lowest BCUT2D eigenvalue weighted by atomic mass is 9.71. The summed E-state index contributed by atoms with van der Waals surface area (Å²) in [5.74, 6) is 0.481. The van der Waals surface area contributed by atoms with Gasteiger partial charge < -0.3 is 14.2 Å². The Morgan fingerprint density at radius 3 is 2.71 bits per heavy atom. The van der Waals surface area contributed by atoms with Crippen molar-refractivity contribution in [1.29, 1.82) is 0 Å². The molecule has 0 radical (unpaired) electrons. The average Bonchev–Trinajstić information content (AvgIpc) is 3.16. The van der Waals surface area contributed by atoms with Crippen molar-refractivity contribution in [3.05, 3.63) is 54.2 Å². The molecule has 0 aromatic carbocycles. The van der Waals surface area contributed by atoms with Crippen LogP contribution < -0.4 is 0 Å². The third-order valence-corrected chi connectivity index (χ3v) is 5.07. The van der Waals surface area contributed by atoms with E-state index >= 15 is 0 Å². The van der Waals surface area contributed by atoms with Gasteiger partial charge in [0, 0.05) is 38.6 Å². The second kappa shape index (κ2) is 5.78. The number of carbonyl (C=O) groups excluding carboxylic acids is 2. The molecule has 6 nitrogen and oxygen atoms in total. The number of furan rings is 1. The van der Waals surface area contributed by atoms with E-state index in [0.717, 1.165) is 24.9 Å². The van der Waals surface area contributed by atoms with Gasteiger partial charge in [0.25, 0.3) is 5.91 Å². The van der Waals surface area contributed by atoms with Gasteiger partial charge >= 0.3 is 0 Å². The first-order valence-corrected chi connectivity index (χ1v) is 8.19. The maximum absolute atomic E-state index is 12.6. The zero-order valence-electron chi connectivity index (χ0n) is 13.4. The van der Waals surface area contributed by atoms with Crippen LogP contribution in [0.5, 0.6) is 0 Å². The van der Waals surface area contributed by atoms with Crippen LogP contribution in [0.1, 0.15) is 29.0 Å². The number of likely N-dealkylation sites (tertiary alicyclic amines) is 2. The Kier molecular flexibility index (Phi) is 3.59. The number of hydrogen-bond donors (Lipinski definition) is 0. The molecule has 2 saturated heterocycles. The van der Waals surface area contributed by atoms with Gasteiger partial charge in [-0.1, -0.05) is 6.07 Å². The topological polar surface area (TPSA) is 66.7 Å². The zero-order valence-corrected chi connectivity index (χ0v) is 13.4. The lowest BCUT2D eigenvalue weighted by molar-refractivity contribution is -0.165. The van der Waals surface area contributed by atoms with Crippen LogP contribution in [0, 0.1) is 5.41 Å². The fraction of sp³-hybridized carbons (Fsp3) is 0.389. The summed E-state index contributed by atoms with van der Waals surface area (Å²) in [5.41, 5.74) is 0.772. The molecule has 2 aromatic heterocycles. The van der Waals surface area contributed by atoms with E-state index in [0.29, 0.717) is 25.4 Å². The predicted octanol–water partition coefficient (Wildman–Crippen LogP) is 1.94. The Balaban J connectivity index is 1.35. The van der Waals surface area contributed by atoms with Crippen molar-refractivity contribution in [3.63, 3.8) is 0 Å². The average molecular weight is 325 g/mol. The Labute approximate surface area is 140 Å². The van der Waals surface area contributed by atoms with E-state index in [9.17, 15) is 9.59 Å². The molecule has 0 atom stereocenters. The SMILES string of the molecule is O=C(c1ccco1)N1CCC2(CC1)CN(Cc1cccnc1)C2=O. The van der Waals surface area contributed by atoms with Gasteiger partial charge in [-0.05, 0) is 36.6 Å². The van der Waals surface area contributed by atoms with Gasteiger partial charge in [-0.3, -0.25) is 14.6 Å². The van der Waals surface area contributed by atoms with E-state index in [4.69, 9.17) is 4.42 Å². The molecule has 2 aromatic rings. The smallest absolute Gasteiger partial charge is 0.289 e. The van der Waals surface area contributed by atoms with Gasteiger partial charge in [-0.2, -0.15) is 0 Å². The van der Waals surface area contributed by atoms with E-state index < -0.39 is 0 Å². The Hall–Kier alpha value is -2.63. The molecule has 24 heavy (non-hydrogen) atoms. The van der Waals surface area contributed by atoms with Crippen LogP contribution in [-0.2, 0) is 11.3 Å². The number of rotatable bonds is 3. The van der Waals surface area contributed by atoms with Crippen molar-refractivity contribution >= 4 is 11.8 Å². The summed E-state index contributed by atoms with van der Waals surface area (Å²) in [5, 5.41) is 0. The highest BCUT2D eigenvalue weighted by atomic mass is 16.3. The number of carbonyl (C=O) groups is 2. The Morgan fingerprint density at radius 2 is 2.08 bits per heavy atom. The van der Waals surface area contributed by atoms with Crippen molar-refractivity contribution in [3.8, 4) is 0 Å². The first-order chi connectivity index (χ1) is 11.7. The fourth-order valence-electron chi connectivity index (χ4n) is 3.65. The minimum absolute atomic E-state index is 0.0890. The Bertz CT molecular complexity index is 734. The molecule has 2 aliphatic rings. The summed E-state index contributed by atoms with van der Waals surface area (Å²) in [4.78, 5) is 32.7. The molecule has 0 aliphatic carbocycles. The van der Waals surface area contributed by atoms with E-state index in [2.05, 4.69) is 4.98 Å². The molecule has 0 unspecified atom stereocenters. The van der Waals surface area contributed by atoms with Gasteiger partial charge in [0.15, 0.2) is 5.76 Å². The molecule has 0 bridgehead atoms. The molecule has 6 heteroatoms. The van der Waals surface area contributed by atoms with Crippen molar-refractivity contribution in [1.82, 2.24) is 14.8 Å². The van der Waals surface area contributed by atoms with Crippen LogP contribution in [0.3, 0.4) is 0 Å². The van der Waals surface area contributed by atoms with Gasteiger partial charge in [0.05, 0.1) is 11.7 Å². The highest BCUT2D eigenvalue weighted by molar-refractivity contribution is 5.92. The molecule has 2 fully saturated rings. The van der Waals surface area contributed by atoms with Crippen molar-refractivity contribution < 1.29 is 14.0 Å². The molecule has 4 heterocycles. The highest BCUT2D eigenvalue weighted by Gasteiger charge is 2.53. The summed E-state index contributed by atoms with van der Waals surface area (Å²) in [6, 6.07) is 7.26. The molecular formula is C18H19N3O3. The molecule has 4 rings (SSSR count). The van der Waals surface area contributed by atoms with E-state index in [1.807, 2.05) is 17.0 Å². The second-order valence-electron chi connectivity index (χ2n) is 6.57. The first kappa shape index (κ1) is 14.9. The number of hydrogen-bond acceptors (Lipinski definition) is 4. The van der Waals surface area contributed by atoms with Crippen LogP contribution in [0.25, 0.3) is 0 Å². The number of pyridine rings is 1. The van der Waals surface area contributed by atoms with Crippen LogP contribution in [-0.4, -0.2) is 46.2 Å². The lowest BCUT2D eigenvalue weighted by Crippen LogP contribution is -2.64. The maximum Gasteiger partial charge on any atom is 0.289 e. The van der Waals surface area contributed by atoms with Crippen LogP contribution >= 0.6 is 0 Å². The fourth-order valence-corrected chi connectivity index (χ4v) is 3.65. The molecule has 1 spiro atoms. The maximum atomic E-state index is 12.6. The highest BCUT2D eigenvalue weighted by Crippen LogP contribution is 2.42. The number of aromatic nitrogens is 1. The molecular weight excluding hydrogens is 306 g/mol. The summed E-state index contributed by atoms with van der Waals surface area (Å²) < 4.78 is 5.17. The summed E-state index contributed by atoms with van der Waals surface area (Å²) in [6.07, 6.45) is 6.48. The van der Waals surface area contributed by atoms with Crippen molar-refractivity contribution in [2.45, 2.75) is 19.4 Å². The van der Waals surface area contributed by atoms with E-state index in [-0.39, 0.29) is 17.2 Å². The molecule has 2 amide bonds. The quantitative estimate of drug-likeness (QED) is 0.809. The third-order valence-electron chi connectivity index (χ3n) is 5.07. The lowest BCUT2D eigenvalue weighted by Gasteiger charge is -2.52. The van der Waals surface area contributed by atoms with Gasteiger partial charge in [0.1, 0.15) is 0 Å². The standard InChI is InChI=1S/C18H19N3O3/c22-16(15-4-2-10-24-15)20-8-5-18(6-9-20)13-21(17(18)23)12-14-3-1-7-19-11-14/h1-4,7,10-11H,5-6,8-9,12-13H2. The third kappa shape index (κ3) is 2.48. The van der Waals surface area contributed by atoms with Crippen molar-refractivity contribution in [2.75, 3.05) is 19.6 Å². The summed E-state index contributed by atoms with van der Waals surface area (Å²) >= 11 is 0. The van der Waals surface area contributed by atoms with Crippen molar-refractivity contribution in [2.24, 2.45) is 5.41 Å². The largest absolute Gasteiger partial charge is 0.459 e. The summed E-state index contributed by atoms with van der Waals surface area (Å²) in [6.45, 7) is 2.59. The second-order valence-corrected chi connectivity index (χ2v) is 6.57. The van der Waals surface area contributed by atoms with Gasteiger partial charge in [0.2, 0.25) is 5.91 Å².